The van der Waals surface area contributed by atoms with Crippen LogP contribution >= 0.6 is 0 Å². The van der Waals surface area contributed by atoms with E-state index < -0.39 is 0 Å². The summed E-state index contributed by atoms with van der Waals surface area (Å²) in [6, 6.07) is 19.5. The lowest BCUT2D eigenvalue weighted by Crippen LogP contribution is -2.29. The SMILES string of the molecule is Cc1ccccc1OCc1ccc(/C=C/C(=O)c2ccc(N3CCCCC3)cc2)o1. The van der Waals surface area contributed by atoms with Gasteiger partial charge in [-0.15, -0.1) is 0 Å². The Labute approximate surface area is 177 Å². The molecule has 2 aromatic carbocycles. The largest absolute Gasteiger partial charge is 0.485 e. The third-order valence-corrected chi connectivity index (χ3v) is 5.42. The number of piperidine rings is 1. The molecular formula is C26H27NO3. The van der Waals surface area contributed by atoms with E-state index in [1.807, 2.05) is 67.6 Å². The van der Waals surface area contributed by atoms with Gasteiger partial charge < -0.3 is 14.1 Å². The first-order valence-corrected chi connectivity index (χ1v) is 10.5. The lowest BCUT2D eigenvalue weighted by atomic mass is 10.1. The molecular weight excluding hydrogens is 374 g/mol. The van der Waals surface area contributed by atoms with E-state index in [4.69, 9.17) is 9.15 Å². The van der Waals surface area contributed by atoms with Crippen LogP contribution in [0.1, 0.15) is 46.7 Å². The Morgan fingerprint density at radius 1 is 1.00 bits per heavy atom. The Morgan fingerprint density at radius 3 is 2.53 bits per heavy atom. The van der Waals surface area contributed by atoms with Crippen molar-refractivity contribution in [3.63, 3.8) is 0 Å². The first-order valence-electron chi connectivity index (χ1n) is 10.5. The van der Waals surface area contributed by atoms with Gasteiger partial charge >= 0.3 is 0 Å². The van der Waals surface area contributed by atoms with Crippen molar-refractivity contribution in [2.75, 3.05) is 18.0 Å². The second-order valence-electron chi connectivity index (χ2n) is 7.65. The van der Waals surface area contributed by atoms with Gasteiger partial charge in [0.15, 0.2) is 5.78 Å². The normalized spacial score (nSPS) is 14.2. The lowest BCUT2D eigenvalue weighted by molar-refractivity contribution is 0.104. The summed E-state index contributed by atoms with van der Waals surface area (Å²) < 4.78 is 11.6. The van der Waals surface area contributed by atoms with E-state index in [0.717, 1.165) is 30.2 Å². The van der Waals surface area contributed by atoms with E-state index >= 15 is 0 Å². The number of nitrogens with zero attached hydrogens (tertiary/aromatic N) is 1. The highest BCUT2D eigenvalue weighted by Gasteiger charge is 2.11. The fourth-order valence-electron chi connectivity index (χ4n) is 3.67. The topological polar surface area (TPSA) is 42.7 Å². The van der Waals surface area contributed by atoms with Gasteiger partial charge in [-0.2, -0.15) is 0 Å². The molecule has 4 rings (SSSR count). The van der Waals surface area contributed by atoms with E-state index in [1.165, 1.54) is 24.9 Å². The maximum Gasteiger partial charge on any atom is 0.185 e. The van der Waals surface area contributed by atoms with Crippen molar-refractivity contribution in [2.24, 2.45) is 0 Å². The zero-order chi connectivity index (χ0) is 20.8. The molecule has 1 saturated heterocycles. The number of para-hydroxylation sites is 1. The number of ketones is 1. The number of aryl methyl sites for hydroxylation is 1. The fourth-order valence-corrected chi connectivity index (χ4v) is 3.67. The van der Waals surface area contributed by atoms with Crippen LogP contribution < -0.4 is 9.64 Å². The summed E-state index contributed by atoms with van der Waals surface area (Å²) >= 11 is 0. The molecule has 3 aromatic rings. The molecule has 0 saturated carbocycles. The quantitative estimate of drug-likeness (QED) is 0.357. The van der Waals surface area contributed by atoms with Crippen molar-refractivity contribution in [1.29, 1.82) is 0 Å². The number of carbonyl (C=O) groups excluding carboxylic acids is 1. The van der Waals surface area contributed by atoms with E-state index in [9.17, 15) is 4.79 Å². The predicted molar refractivity (Wildman–Crippen MR) is 120 cm³/mol. The maximum absolute atomic E-state index is 12.5. The zero-order valence-electron chi connectivity index (χ0n) is 17.3. The number of benzene rings is 2. The zero-order valence-corrected chi connectivity index (χ0v) is 17.3. The molecule has 2 heterocycles. The van der Waals surface area contributed by atoms with Crippen LogP contribution in [0, 0.1) is 6.92 Å². The maximum atomic E-state index is 12.5. The molecule has 0 amide bonds. The number of carbonyl (C=O) groups is 1. The first kappa shape index (κ1) is 20.0. The summed E-state index contributed by atoms with van der Waals surface area (Å²) in [5.74, 6) is 2.16. The van der Waals surface area contributed by atoms with Crippen molar-refractivity contribution in [1.82, 2.24) is 0 Å². The molecule has 1 aromatic heterocycles. The summed E-state index contributed by atoms with van der Waals surface area (Å²) in [4.78, 5) is 14.9. The van der Waals surface area contributed by atoms with E-state index in [1.54, 1.807) is 12.2 Å². The summed E-state index contributed by atoms with van der Waals surface area (Å²) in [6.07, 6.45) is 7.05. The highest BCUT2D eigenvalue weighted by atomic mass is 16.5. The Bertz CT molecular complexity index is 1010. The lowest BCUT2D eigenvalue weighted by Gasteiger charge is -2.28. The second kappa shape index (κ2) is 9.49. The van der Waals surface area contributed by atoms with Crippen molar-refractivity contribution < 1.29 is 13.9 Å². The molecule has 1 aliphatic heterocycles. The van der Waals surface area contributed by atoms with Crippen molar-refractivity contribution >= 4 is 17.5 Å². The van der Waals surface area contributed by atoms with Gasteiger partial charge in [0.1, 0.15) is 23.9 Å². The van der Waals surface area contributed by atoms with Gasteiger partial charge in [-0.25, -0.2) is 0 Å². The molecule has 0 N–H and O–H groups in total. The number of hydrogen-bond acceptors (Lipinski definition) is 4. The summed E-state index contributed by atoms with van der Waals surface area (Å²) in [5.41, 5.74) is 2.96. The average Bonchev–Trinajstić information content (AvgIpc) is 3.25. The van der Waals surface area contributed by atoms with Crippen molar-refractivity contribution in [3.8, 4) is 5.75 Å². The number of allylic oxidation sites excluding steroid dienone is 1. The fraction of sp³-hybridized carbons (Fsp3) is 0.269. The predicted octanol–water partition coefficient (Wildman–Crippen LogP) is 6.05. The monoisotopic (exact) mass is 401 g/mol. The van der Waals surface area contributed by atoms with Crippen molar-refractivity contribution in [3.05, 3.63) is 89.4 Å². The molecule has 1 fully saturated rings. The van der Waals surface area contributed by atoms with Crippen LogP contribution in [0.25, 0.3) is 6.08 Å². The highest BCUT2D eigenvalue weighted by Crippen LogP contribution is 2.21. The van der Waals surface area contributed by atoms with E-state index in [-0.39, 0.29) is 5.78 Å². The van der Waals surface area contributed by atoms with E-state index in [0.29, 0.717) is 17.9 Å². The minimum absolute atomic E-state index is 0.0331. The van der Waals surface area contributed by atoms with Crippen LogP contribution in [0.4, 0.5) is 5.69 Å². The number of furan rings is 1. The van der Waals surface area contributed by atoms with Gasteiger partial charge in [0.25, 0.3) is 0 Å². The Kier molecular flexibility index (Phi) is 6.33. The standard InChI is InChI=1S/C26H27NO3/c1-20-7-3-4-8-26(20)29-19-24-14-13-23(30-24)15-16-25(28)21-9-11-22(12-10-21)27-17-5-2-6-18-27/h3-4,7-16H,2,5-6,17-19H2,1H3/b16-15+. The van der Waals surface area contributed by atoms with Crippen molar-refractivity contribution in [2.45, 2.75) is 32.8 Å². The van der Waals surface area contributed by atoms with Crippen LogP contribution in [-0.4, -0.2) is 18.9 Å². The highest BCUT2D eigenvalue weighted by molar-refractivity contribution is 6.06. The van der Waals surface area contributed by atoms with Gasteiger partial charge in [0, 0.05) is 24.3 Å². The molecule has 1 aliphatic rings. The minimum atomic E-state index is -0.0331. The van der Waals surface area contributed by atoms with Crippen LogP contribution in [0.5, 0.6) is 5.75 Å². The summed E-state index contributed by atoms with van der Waals surface area (Å²) in [7, 11) is 0. The van der Waals surface area contributed by atoms with Gasteiger partial charge in [-0.3, -0.25) is 4.79 Å². The van der Waals surface area contributed by atoms with Crippen LogP contribution in [-0.2, 0) is 6.61 Å². The van der Waals surface area contributed by atoms with Gasteiger partial charge in [0.05, 0.1) is 0 Å². The Hall–Kier alpha value is -3.27. The Morgan fingerprint density at radius 2 is 1.77 bits per heavy atom. The van der Waals surface area contributed by atoms with Gasteiger partial charge in [-0.1, -0.05) is 18.2 Å². The van der Waals surface area contributed by atoms with Crippen LogP contribution in [0.3, 0.4) is 0 Å². The molecule has 4 heteroatoms. The average molecular weight is 402 g/mol. The van der Waals surface area contributed by atoms with E-state index in [2.05, 4.69) is 4.90 Å². The van der Waals surface area contributed by atoms with Crippen LogP contribution in [0.2, 0.25) is 0 Å². The summed E-state index contributed by atoms with van der Waals surface area (Å²) in [5, 5.41) is 0. The number of hydrogen-bond donors (Lipinski definition) is 0. The summed E-state index contributed by atoms with van der Waals surface area (Å²) in [6.45, 7) is 4.56. The minimum Gasteiger partial charge on any atom is -0.485 e. The first-order chi connectivity index (χ1) is 14.7. The molecule has 154 valence electrons. The number of anilines is 1. The molecule has 0 aliphatic carbocycles. The smallest absolute Gasteiger partial charge is 0.185 e. The molecule has 0 radical (unpaired) electrons. The molecule has 4 nitrogen and oxygen atoms in total. The van der Waals surface area contributed by atoms with Crippen LogP contribution in [0.15, 0.2) is 71.2 Å². The molecule has 0 spiro atoms. The molecule has 0 unspecified atom stereocenters. The molecule has 0 bridgehead atoms. The molecule has 0 atom stereocenters. The van der Waals surface area contributed by atoms with Gasteiger partial charge in [0.2, 0.25) is 0 Å². The number of rotatable bonds is 7. The second-order valence-corrected chi connectivity index (χ2v) is 7.65. The van der Waals surface area contributed by atoms with Gasteiger partial charge in [-0.05, 0) is 86.4 Å². The Balaban J connectivity index is 1.33. The number of ether oxygens (including phenoxy) is 1. The molecule has 30 heavy (non-hydrogen) atoms. The third-order valence-electron chi connectivity index (χ3n) is 5.42. The third kappa shape index (κ3) is 5.01.